The Morgan fingerprint density at radius 1 is 0.938 bits per heavy atom. The summed E-state index contributed by atoms with van der Waals surface area (Å²) >= 11 is 0. The van der Waals surface area contributed by atoms with E-state index in [0.717, 1.165) is 60.9 Å². The van der Waals surface area contributed by atoms with E-state index in [0.29, 0.717) is 18.9 Å². The van der Waals surface area contributed by atoms with E-state index in [1.165, 1.54) is 0 Å². The topological polar surface area (TPSA) is 68.0 Å². The van der Waals surface area contributed by atoms with Crippen LogP contribution in [-0.2, 0) is 17.8 Å². The molecule has 1 aliphatic heterocycles. The van der Waals surface area contributed by atoms with Crippen LogP contribution in [-0.4, -0.2) is 61.1 Å². The van der Waals surface area contributed by atoms with Crippen LogP contribution in [0.3, 0.4) is 0 Å². The Morgan fingerprint density at radius 2 is 1.56 bits per heavy atom. The van der Waals surface area contributed by atoms with E-state index in [-0.39, 0.29) is 5.91 Å². The number of nitrogens with zero attached hydrogens (tertiary/aromatic N) is 3. The predicted octanol–water partition coefficient (Wildman–Crippen LogP) is 3.64. The molecule has 0 aliphatic carbocycles. The molecule has 0 spiro atoms. The lowest BCUT2D eigenvalue weighted by molar-refractivity contribution is -0.133. The fourth-order valence-electron chi connectivity index (χ4n) is 3.83. The second-order valence-corrected chi connectivity index (χ2v) is 7.88. The fraction of sp³-hybridized carbons (Fsp3) is 0.360. The number of ether oxygens (including phenoxy) is 2. The standard InChI is InChI=1S/C25H29N3O4/c1-30-22-8-3-19(4-9-22)5-12-24(29)28-15-13-27(14-16-28)17-21-18-32-25(26-21)20-6-10-23(31-2)11-7-20/h3-4,6-11,18H,5,12-17H2,1-2H3. The van der Waals surface area contributed by atoms with Gasteiger partial charge in [-0.25, -0.2) is 4.98 Å². The molecule has 1 amide bonds. The first-order valence-electron chi connectivity index (χ1n) is 10.9. The Hall–Kier alpha value is -3.32. The summed E-state index contributed by atoms with van der Waals surface area (Å²) < 4.78 is 16.0. The van der Waals surface area contributed by atoms with E-state index < -0.39 is 0 Å². The molecule has 1 aliphatic rings. The van der Waals surface area contributed by atoms with E-state index in [4.69, 9.17) is 13.9 Å². The minimum absolute atomic E-state index is 0.212. The van der Waals surface area contributed by atoms with Gasteiger partial charge in [0.2, 0.25) is 11.8 Å². The molecular formula is C25H29N3O4. The fourth-order valence-corrected chi connectivity index (χ4v) is 3.83. The smallest absolute Gasteiger partial charge is 0.226 e. The molecule has 1 fully saturated rings. The van der Waals surface area contributed by atoms with Gasteiger partial charge in [0.25, 0.3) is 0 Å². The van der Waals surface area contributed by atoms with Crippen LogP contribution in [0.15, 0.2) is 59.2 Å². The van der Waals surface area contributed by atoms with Crippen LogP contribution in [0.5, 0.6) is 11.5 Å². The molecular weight excluding hydrogens is 406 g/mol. The van der Waals surface area contributed by atoms with Crippen LogP contribution in [0.25, 0.3) is 11.5 Å². The number of aryl methyl sites for hydroxylation is 1. The number of rotatable bonds is 8. The van der Waals surface area contributed by atoms with Crippen LogP contribution < -0.4 is 9.47 Å². The second-order valence-electron chi connectivity index (χ2n) is 7.88. The summed E-state index contributed by atoms with van der Waals surface area (Å²) in [4.78, 5) is 21.5. The van der Waals surface area contributed by atoms with E-state index in [2.05, 4.69) is 9.88 Å². The molecule has 168 valence electrons. The highest BCUT2D eigenvalue weighted by atomic mass is 16.5. The van der Waals surface area contributed by atoms with Crippen molar-refractivity contribution >= 4 is 5.91 Å². The summed E-state index contributed by atoms with van der Waals surface area (Å²) in [6, 6.07) is 15.6. The van der Waals surface area contributed by atoms with Crippen LogP contribution in [0.4, 0.5) is 0 Å². The lowest BCUT2D eigenvalue weighted by Crippen LogP contribution is -2.48. The number of carbonyl (C=O) groups excluding carboxylic acids is 1. The molecule has 1 aromatic heterocycles. The molecule has 7 nitrogen and oxygen atoms in total. The van der Waals surface area contributed by atoms with Crippen LogP contribution in [0.2, 0.25) is 0 Å². The number of benzene rings is 2. The van der Waals surface area contributed by atoms with Gasteiger partial charge in [0, 0.05) is 44.7 Å². The molecule has 0 bridgehead atoms. The third-order valence-electron chi connectivity index (χ3n) is 5.79. The molecule has 3 aromatic rings. The van der Waals surface area contributed by atoms with Crippen molar-refractivity contribution in [3.05, 3.63) is 66.1 Å². The molecule has 0 N–H and O–H groups in total. The summed E-state index contributed by atoms with van der Waals surface area (Å²) in [5, 5.41) is 0. The lowest BCUT2D eigenvalue weighted by atomic mass is 10.1. The van der Waals surface area contributed by atoms with Crippen molar-refractivity contribution in [1.29, 1.82) is 0 Å². The first kappa shape index (κ1) is 21.9. The molecule has 2 aromatic carbocycles. The zero-order chi connectivity index (χ0) is 22.3. The third kappa shape index (κ3) is 5.48. The van der Waals surface area contributed by atoms with Gasteiger partial charge in [-0.1, -0.05) is 12.1 Å². The molecule has 0 atom stereocenters. The first-order valence-corrected chi connectivity index (χ1v) is 10.9. The van der Waals surface area contributed by atoms with Gasteiger partial charge in [-0.15, -0.1) is 0 Å². The molecule has 1 saturated heterocycles. The quantitative estimate of drug-likeness (QED) is 0.538. The monoisotopic (exact) mass is 435 g/mol. The zero-order valence-corrected chi connectivity index (χ0v) is 18.6. The number of aromatic nitrogens is 1. The number of methoxy groups -OCH3 is 2. The SMILES string of the molecule is COc1ccc(CCC(=O)N2CCN(Cc3coc(-c4ccc(OC)cc4)n3)CC2)cc1. The Labute approximate surface area is 188 Å². The zero-order valence-electron chi connectivity index (χ0n) is 18.6. The Bertz CT molecular complexity index is 1010. The Morgan fingerprint density at radius 3 is 2.19 bits per heavy atom. The highest BCUT2D eigenvalue weighted by molar-refractivity contribution is 5.76. The second kappa shape index (κ2) is 10.3. The maximum absolute atomic E-state index is 12.6. The number of hydrogen-bond acceptors (Lipinski definition) is 6. The van der Waals surface area contributed by atoms with Gasteiger partial charge in [0.05, 0.1) is 19.9 Å². The van der Waals surface area contributed by atoms with Gasteiger partial charge in [-0.2, -0.15) is 0 Å². The highest BCUT2D eigenvalue weighted by Gasteiger charge is 2.22. The van der Waals surface area contributed by atoms with Gasteiger partial charge in [-0.05, 0) is 48.4 Å². The highest BCUT2D eigenvalue weighted by Crippen LogP contribution is 2.22. The number of amides is 1. The van der Waals surface area contributed by atoms with Crippen molar-refractivity contribution in [3.8, 4) is 23.0 Å². The largest absolute Gasteiger partial charge is 0.497 e. The minimum Gasteiger partial charge on any atom is -0.497 e. The van der Waals surface area contributed by atoms with Crippen LogP contribution in [0, 0.1) is 0 Å². The van der Waals surface area contributed by atoms with Gasteiger partial charge in [-0.3, -0.25) is 9.69 Å². The van der Waals surface area contributed by atoms with Crippen molar-refractivity contribution < 1.29 is 18.7 Å². The number of piperazine rings is 1. The average Bonchev–Trinajstić information content (AvgIpc) is 3.32. The minimum atomic E-state index is 0.212. The molecule has 0 saturated carbocycles. The van der Waals surface area contributed by atoms with Gasteiger partial charge in [0.15, 0.2) is 0 Å². The Balaban J connectivity index is 1.23. The molecule has 32 heavy (non-hydrogen) atoms. The van der Waals surface area contributed by atoms with Crippen molar-refractivity contribution in [3.63, 3.8) is 0 Å². The number of oxazole rings is 1. The molecule has 0 unspecified atom stereocenters. The van der Waals surface area contributed by atoms with Crippen molar-refractivity contribution in [1.82, 2.24) is 14.8 Å². The van der Waals surface area contributed by atoms with Crippen LogP contribution >= 0.6 is 0 Å². The van der Waals surface area contributed by atoms with Gasteiger partial charge in [0.1, 0.15) is 17.8 Å². The number of hydrogen-bond donors (Lipinski definition) is 0. The van der Waals surface area contributed by atoms with E-state index in [9.17, 15) is 4.79 Å². The predicted molar refractivity (Wildman–Crippen MR) is 122 cm³/mol. The molecule has 7 heteroatoms. The van der Waals surface area contributed by atoms with Crippen molar-refractivity contribution in [2.75, 3.05) is 40.4 Å². The normalized spacial score (nSPS) is 14.4. The summed E-state index contributed by atoms with van der Waals surface area (Å²) in [7, 11) is 3.30. The average molecular weight is 436 g/mol. The maximum atomic E-state index is 12.6. The van der Waals surface area contributed by atoms with Gasteiger partial charge < -0.3 is 18.8 Å². The van der Waals surface area contributed by atoms with Crippen molar-refractivity contribution in [2.24, 2.45) is 0 Å². The van der Waals surface area contributed by atoms with E-state index in [1.54, 1.807) is 20.5 Å². The van der Waals surface area contributed by atoms with E-state index >= 15 is 0 Å². The molecule has 0 radical (unpaired) electrons. The summed E-state index contributed by atoms with van der Waals surface area (Å²) in [5.41, 5.74) is 2.97. The first-order chi connectivity index (χ1) is 15.6. The number of carbonyl (C=O) groups is 1. The van der Waals surface area contributed by atoms with E-state index in [1.807, 2.05) is 53.4 Å². The maximum Gasteiger partial charge on any atom is 0.226 e. The summed E-state index contributed by atoms with van der Waals surface area (Å²) in [5.74, 6) is 2.45. The molecule has 2 heterocycles. The van der Waals surface area contributed by atoms with Gasteiger partial charge >= 0.3 is 0 Å². The third-order valence-corrected chi connectivity index (χ3v) is 5.79. The summed E-state index contributed by atoms with van der Waals surface area (Å²) in [6.07, 6.45) is 2.99. The lowest BCUT2D eigenvalue weighted by Gasteiger charge is -2.34. The van der Waals surface area contributed by atoms with Crippen molar-refractivity contribution in [2.45, 2.75) is 19.4 Å². The summed E-state index contributed by atoms with van der Waals surface area (Å²) in [6.45, 7) is 3.86. The molecule has 4 rings (SSSR count). The Kier molecular flexibility index (Phi) is 7.07. The van der Waals surface area contributed by atoms with Crippen LogP contribution in [0.1, 0.15) is 17.7 Å².